The number of ether oxygens (including phenoxy) is 1. The Kier molecular flexibility index (Phi) is 4.21. The molecule has 110 valence electrons. The third-order valence-electron chi connectivity index (χ3n) is 3.93. The van der Waals surface area contributed by atoms with E-state index in [2.05, 4.69) is 20.8 Å². The van der Waals surface area contributed by atoms with Crippen molar-refractivity contribution < 1.29 is 9.53 Å². The van der Waals surface area contributed by atoms with Gasteiger partial charge in [0, 0.05) is 24.7 Å². The third-order valence-corrected chi connectivity index (χ3v) is 3.93. The van der Waals surface area contributed by atoms with Crippen LogP contribution >= 0.6 is 0 Å². The zero-order valence-corrected chi connectivity index (χ0v) is 12.6. The Labute approximate surface area is 120 Å². The Morgan fingerprint density at radius 3 is 2.75 bits per heavy atom. The summed E-state index contributed by atoms with van der Waals surface area (Å²) in [7, 11) is 0. The second-order valence-corrected chi connectivity index (χ2v) is 6.53. The summed E-state index contributed by atoms with van der Waals surface area (Å²) in [5, 5.41) is 0. The molecule has 0 saturated carbocycles. The molecular weight excluding hydrogens is 252 g/mol. The van der Waals surface area contributed by atoms with E-state index >= 15 is 0 Å². The minimum atomic E-state index is 0.180. The SMILES string of the molecule is CC(C)(C)C1CC(=O)N(CCOc2cccc(N)c2)C1. The smallest absolute Gasteiger partial charge is 0.223 e. The number of nitrogens with two attached hydrogens (primary N) is 1. The van der Waals surface area contributed by atoms with Crippen molar-refractivity contribution >= 4 is 11.6 Å². The van der Waals surface area contributed by atoms with Crippen LogP contribution in [0.5, 0.6) is 5.75 Å². The molecule has 4 heteroatoms. The van der Waals surface area contributed by atoms with E-state index in [9.17, 15) is 4.79 Å². The average Bonchev–Trinajstić information content (AvgIpc) is 2.71. The molecule has 1 aliphatic heterocycles. The highest BCUT2D eigenvalue weighted by atomic mass is 16.5. The van der Waals surface area contributed by atoms with Crippen LogP contribution in [0.4, 0.5) is 5.69 Å². The van der Waals surface area contributed by atoms with Crippen molar-refractivity contribution in [1.29, 1.82) is 0 Å². The van der Waals surface area contributed by atoms with E-state index in [4.69, 9.17) is 10.5 Å². The van der Waals surface area contributed by atoms with Gasteiger partial charge in [-0.1, -0.05) is 26.8 Å². The lowest BCUT2D eigenvalue weighted by atomic mass is 9.80. The quantitative estimate of drug-likeness (QED) is 0.860. The number of rotatable bonds is 4. The van der Waals surface area contributed by atoms with Gasteiger partial charge in [-0.3, -0.25) is 4.79 Å². The Morgan fingerprint density at radius 2 is 2.15 bits per heavy atom. The predicted octanol–water partition coefficient (Wildman–Crippen LogP) is 2.54. The minimum absolute atomic E-state index is 0.180. The van der Waals surface area contributed by atoms with Crippen molar-refractivity contribution in [3.63, 3.8) is 0 Å². The van der Waals surface area contributed by atoms with Gasteiger partial charge in [0.2, 0.25) is 5.91 Å². The summed E-state index contributed by atoms with van der Waals surface area (Å²) in [6.07, 6.45) is 0.655. The van der Waals surface area contributed by atoms with Gasteiger partial charge in [0.1, 0.15) is 12.4 Å². The van der Waals surface area contributed by atoms with Crippen LogP contribution in [0.15, 0.2) is 24.3 Å². The molecule has 1 aromatic rings. The average molecular weight is 276 g/mol. The maximum atomic E-state index is 12.0. The molecule has 1 amide bonds. The highest BCUT2D eigenvalue weighted by Gasteiger charge is 2.36. The summed E-state index contributed by atoms with van der Waals surface area (Å²) in [4.78, 5) is 13.9. The molecule has 1 saturated heterocycles. The molecule has 20 heavy (non-hydrogen) atoms. The first-order chi connectivity index (χ1) is 9.36. The molecule has 0 radical (unpaired) electrons. The number of nitrogens with zero attached hydrogens (tertiary/aromatic N) is 1. The minimum Gasteiger partial charge on any atom is -0.492 e. The zero-order valence-electron chi connectivity index (χ0n) is 12.6. The number of benzene rings is 1. The second-order valence-electron chi connectivity index (χ2n) is 6.53. The number of hydrogen-bond donors (Lipinski definition) is 1. The number of amides is 1. The van der Waals surface area contributed by atoms with Crippen LogP contribution < -0.4 is 10.5 Å². The lowest BCUT2D eigenvalue weighted by molar-refractivity contribution is -0.128. The molecule has 2 N–H and O–H groups in total. The molecule has 1 atom stereocenters. The summed E-state index contributed by atoms with van der Waals surface area (Å²) in [6, 6.07) is 7.36. The number of hydrogen-bond acceptors (Lipinski definition) is 3. The van der Waals surface area contributed by atoms with Crippen LogP contribution in [-0.4, -0.2) is 30.5 Å². The van der Waals surface area contributed by atoms with Crippen molar-refractivity contribution in [3.8, 4) is 5.75 Å². The maximum absolute atomic E-state index is 12.0. The van der Waals surface area contributed by atoms with Crippen LogP contribution in [0.25, 0.3) is 0 Å². The van der Waals surface area contributed by atoms with E-state index in [-0.39, 0.29) is 11.3 Å². The Bertz CT molecular complexity index is 480. The van der Waals surface area contributed by atoms with Crippen molar-refractivity contribution in [2.45, 2.75) is 27.2 Å². The largest absolute Gasteiger partial charge is 0.492 e. The first-order valence-electron chi connectivity index (χ1n) is 7.12. The van der Waals surface area contributed by atoms with Gasteiger partial charge in [-0.2, -0.15) is 0 Å². The molecule has 1 fully saturated rings. The monoisotopic (exact) mass is 276 g/mol. The van der Waals surface area contributed by atoms with Gasteiger partial charge in [-0.05, 0) is 23.5 Å². The molecular formula is C16H24N2O2. The Morgan fingerprint density at radius 1 is 1.40 bits per heavy atom. The van der Waals surface area contributed by atoms with Gasteiger partial charge in [0.15, 0.2) is 0 Å². The van der Waals surface area contributed by atoms with Gasteiger partial charge >= 0.3 is 0 Å². The van der Waals surface area contributed by atoms with Crippen LogP contribution in [-0.2, 0) is 4.79 Å². The van der Waals surface area contributed by atoms with E-state index in [0.717, 1.165) is 12.3 Å². The van der Waals surface area contributed by atoms with E-state index in [1.54, 1.807) is 6.07 Å². The summed E-state index contributed by atoms with van der Waals surface area (Å²) >= 11 is 0. The highest BCUT2D eigenvalue weighted by Crippen LogP contribution is 2.34. The molecule has 1 unspecified atom stereocenters. The predicted molar refractivity (Wildman–Crippen MR) is 80.5 cm³/mol. The number of carbonyl (C=O) groups is 1. The molecule has 2 rings (SSSR count). The fourth-order valence-corrected chi connectivity index (χ4v) is 2.45. The molecule has 0 spiro atoms. The number of anilines is 1. The lowest BCUT2D eigenvalue weighted by Crippen LogP contribution is -2.31. The van der Waals surface area contributed by atoms with E-state index in [1.807, 2.05) is 23.1 Å². The lowest BCUT2D eigenvalue weighted by Gasteiger charge is -2.26. The second kappa shape index (κ2) is 5.73. The normalized spacial score (nSPS) is 19.4. The third kappa shape index (κ3) is 3.65. The van der Waals surface area contributed by atoms with Crippen molar-refractivity contribution in [3.05, 3.63) is 24.3 Å². The molecule has 0 aliphatic carbocycles. The fraction of sp³-hybridized carbons (Fsp3) is 0.562. The zero-order chi connectivity index (χ0) is 14.8. The fourth-order valence-electron chi connectivity index (χ4n) is 2.45. The summed E-state index contributed by atoms with van der Waals surface area (Å²) in [5.74, 6) is 1.42. The summed E-state index contributed by atoms with van der Waals surface area (Å²) in [5.41, 5.74) is 6.56. The van der Waals surface area contributed by atoms with Gasteiger partial charge < -0.3 is 15.4 Å². The molecule has 4 nitrogen and oxygen atoms in total. The van der Waals surface area contributed by atoms with Gasteiger partial charge in [0.25, 0.3) is 0 Å². The first-order valence-corrected chi connectivity index (χ1v) is 7.12. The molecule has 1 aromatic carbocycles. The number of carbonyl (C=O) groups excluding carboxylic acids is 1. The Balaban J connectivity index is 1.82. The summed E-state index contributed by atoms with van der Waals surface area (Å²) in [6.45, 7) is 8.56. The maximum Gasteiger partial charge on any atom is 0.223 e. The van der Waals surface area contributed by atoms with Crippen molar-refractivity contribution in [1.82, 2.24) is 4.90 Å². The standard InChI is InChI=1S/C16H24N2O2/c1-16(2,3)12-9-15(19)18(11-12)7-8-20-14-6-4-5-13(17)10-14/h4-6,10,12H,7-9,11,17H2,1-3H3. The molecule has 0 aromatic heterocycles. The van der Waals surface area contributed by atoms with Gasteiger partial charge in [-0.15, -0.1) is 0 Å². The van der Waals surface area contributed by atoms with Crippen LogP contribution in [0.3, 0.4) is 0 Å². The van der Waals surface area contributed by atoms with Crippen LogP contribution in [0.1, 0.15) is 27.2 Å². The van der Waals surface area contributed by atoms with Crippen LogP contribution in [0.2, 0.25) is 0 Å². The Hall–Kier alpha value is -1.71. The van der Waals surface area contributed by atoms with Gasteiger partial charge in [0.05, 0.1) is 6.54 Å². The van der Waals surface area contributed by atoms with Crippen molar-refractivity contribution in [2.75, 3.05) is 25.4 Å². The van der Waals surface area contributed by atoms with Crippen LogP contribution in [0, 0.1) is 11.3 Å². The van der Waals surface area contributed by atoms with Gasteiger partial charge in [-0.25, -0.2) is 0 Å². The first kappa shape index (κ1) is 14.7. The highest BCUT2D eigenvalue weighted by molar-refractivity contribution is 5.78. The molecule has 1 aliphatic rings. The van der Waals surface area contributed by atoms with E-state index in [1.165, 1.54) is 0 Å². The van der Waals surface area contributed by atoms with Crippen molar-refractivity contribution in [2.24, 2.45) is 11.3 Å². The molecule has 0 bridgehead atoms. The molecule has 1 heterocycles. The number of likely N-dealkylation sites (tertiary alicyclic amines) is 1. The topological polar surface area (TPSA) is 55.6 Å². The van der Waals surface area contributed by atoms with E-state index < -0.39 is 0 Å². The van der Waals surface area contributed by atoms with E-state index in [0.29, 0.717) is 31.2 Å². The summed E-state index contributed by atoms with van der Waals surface area (Å²) < 4.78 is 5.64. The number of nitrogen functional groups attached to an aromatic ring is 1.